The molecule has 1 aromatic heterocycles. The van der Waals surface area contributed by atoms with Crippen molar-refractivity contribution in [3.63, 3.8) is 0 Å². The summed E-state index contributed by atoms with van der Waals surface area (Å²) in [5, 5.41) is 0. The van der Waals surface area contributed by atoms with Crippen LogP contribution in [0.2, 0.25) is 0 Å². The molecule has 12 heavy (non-hydrogen) atoms. The molecule has 1 aromatic rings. The highest BCUT2D eigenvalue weighted by atomic mass is 15.0. The highest BCUT2D eigenvalue weighted by Crippen LogP contribution is 2.02. The van der Waals surface area contributed by atoms with E-state index in [4.69, 9.17) is 0 Å². The first-order valence-corrected chi connectivity index (χ1v) is 4.09. The fourth-order valence-electron chi connectivity index (χ4n) is 0.876. The van der Waals surface area contributed by atoms with Crippen molar-refractivity contribution < 1.29 is 0 Å². The number of rotatable bonds is 0. The molecule has 0 aliphatic carbocycles. The van der Waals surface area contributed by atoms with E-state index in [1.54, 1.807) is 6.20 Å². The Morgan fingerprint density at radius 3 is 3.08 bits per heavy atom. The Morgan fingerprint density at radius 1 is 1.42 bits per heavy atom. The van der Waals surface area contributed by atoms with Crippen molar-refractivity contribution in [2.45, 2.75) is 13.8 Å². The van der Waals surface area contributed by atoms with E-state index in [1.807, 2.05) is 49.0 Å². The molecule has 0 spiro atoms. The van der Waals surface area contributed by atoms with E-state index in [-0.39, 0.29) is 0 Å². The van der Waals surface area contributed by atoms with E-state index >= 15 is 0 Å². The van der Waals surface area contributed by atoms with Crippen molar-refractivity contribution >= 4 is 12.3 Å². The van der Waals surface area contributed by atoms with Crippen LogP contribution in [-0.2, 0) is 0 Å². The lowest BCUT2D eigenvalue weighted by molar-refractivity contribution is 1.11. The van der Waals surface area contributed by atoms with Crippen LogP contribution in [0.5, 0.6) is 0 Å². The van der Waals surface area contributed by atoms with Gasteiger partial charge in [0.1, 0.15) is 5.82 Å². The zero-order valence-electron chi connectivity index (χ0n) is 7.36. The first-order chi connectivity index (χ1) is 5.97. The average Bonchev–Trinajstić information content (AvgIpc) is 2.46. The number of aromatic nitrogens is 2. The first-order valence-electron chi connectivity index (χ1n) is 4.09. The van der Waals surface area contributed by atoms with Crippen LogP contribution >= 0.6 is 0 Å². The lowest BCUT2D eigenvalue weighted by Crippen LogP contribution is -1.85. The molecule has 0 unspecified atom stereocenters. The molecule has 0 amide bonds. The van der Waals surface area contributed by atoms with Gasteiger partial charge in [0, 0.05) is 24.7 Å². The molecular weight excluding hydrogens is 148 g/mol. The van der Waals surface area contributed by atoms with Gasteiger partial charge in [0.05, 0.1) is 0 Å². The maximum Gasteiger partial charge on any atom is 0.144 e. The summed E-state index contributed by atoms with van der Waals surface area (Å²) in [6, 6.07) is 0. The molecule has 62 valence electrons. The maximum absolute atomic E-state index is 4.09. The van der Waals surface area contributed by atoms with E-state index < -0.39 is 0 Å². The van der Waals surface area contributed by atoms with Crippen molar-refractivity contribution in [1.29, 1.82) is 0 Å². The molecule has 1 aliphatic rings. The van der Waals surface area contributed by atoms with Gasteiger partial charge in [-0.3, -0.25) is 0 Å². The molecule has 0 fully saturated rings. The van der Waals surface area contributed by atoms with Crippen molar-refractivity contribution in [1.82, 2.24) is 9.55 Å². The van der Waals surface area contributed by atoms with Crippen LogP contribution in [0.15, 0.2) is 30.3 Å². The quantitative estimate of drug-likeness (QED) is 0.533. The summed E-state index contributed by atoms with van der Waals surface area (Å²) >= 11 is 0. The van der Waals surface area contributed by atoms with Crippen LogP contribution in [0.1, 0.15) is 19.7 Å². The molecule has 0 saturated carbocycles. The van der Waals surface area contributed by atoms with Gasteiger partial charge < -0.3 is 4.57 Å². The third-order valence-electron chi connectivity index (χ3n) is 1.35. The van der Waals surface area contributed by atoms with Gasteiger partial charge >= 0.3 is 0 Å². The van der Waals surface area contributed by atoms with E-state index in [9.17, 15) is 0 Å². The monoisotopic (exact) mass is 160 g/mol. The van der Waals surface area contributed by atoms with E-state index in [1.165, 1.54) is 0 Å². The van der Waals surface area contributed by atoms with Gasteiger partial charge in [0.2, 0.25) is 0 Å². The molecule has 2 heterocycles. The summed E-state index contributed by atoms with van der Waals surface area (Å²) < 4.78 is 1.94. The second kappa shape index (κ2) is 4.37. The molecule has 0 saturated heterocycles. The predicted molar refractivity (Wildman–Crippen MR) is 51.5 cm³/mol. The van der Waals surface area contributed by atoms with Gasteiger partial charge in [-0.15, -0.1) is 5.73 Å². The number of hydrogen-bond donors (Lipinski definition) is 0. The molecule has 1 aliphatic heterocycles. The second-order valence-electron chi connectivity index (χ2n) is 2.01. The van der Waals surface area contributed by atoms with Gasteiger partial charge in [0.15, 0.2) is 0 Å². The Kier molecular flexibility index (Phi) is 3.12. The molecule has 0 aromatic carbocycles. The summed E-state index contributed by atoms with van der Waals surface area (Å²) in [6.45, 7) is 4.00. The smallest absolute Gasteiger partial charge is 0.144 e. The number of nitrogens with zero attached hydrogens (tertiary/aromatic N) is 2. The minimum atomic E-state index is 0.921. The highest BCUT2D eigenvalue weighted by molar-refractivity contribution is 5.48. The third-order valence-corrected chi connectivity index (χ3v) is 1.35. The van der Waals surface area contributed by atoms with Crippen molar-refractivity contribution in [2.24, 2.45) is 0 Å². The van der Waals surface area contributed by atoms with Crippen LogP contribution in [0.25, 0.3) is 12.3 Å². The minimum absolute atomic E-state index is 0.921. The molecule has 0 atom stereocenters. The van der Waals surface area contributed by atoms with E-state index in [2.05, 4.69) is 10.7 Å². The summed E-state index contributed by atoms with van der Waals surface area (Å²) in [5.74, 6) is 0.921. The number of allylic oxidation sites excluding steroid dienone is 2. The van der Waals surface area contributed by atoms with Gasteiger partial charge in [-0.2, -0.15) is 0 Å². The van der Waals surface area contributed by atoms with Gasteiger partial charge in [-0.25, -0.2) is 4.98 Å². The molecule has 2 heteroatoms. The van der Waals surface area contributed by atoms with Crippen LogP contribution in [0.3, 0.4) is 0 Å². The molecule has 0 N–H and O–H groups in total. The van der Waals surface area contributed by atoms with E-state index in [0.717, 1.165) is 5.82 Å². The largest absolute Gasteiger partial charge is 0.307 e. The number of imidazole rings is 1. The predicted octanol–water partition coefficient (Wildman–Crippen LogP) is 2.56. The van der Waals surface area contributed by atoms with Crippen LogP contribution in [-0.4, -0.2) is 9.55 Å². The van der Waals surface area contributed by atoms with Crippen molar-refractivity contribution in [3.8, 4) is 0 Å². The lowest BCUT2D eigenvalue weighted by Gasteiger charge is -1.91. The lowest BCUT2D eigenvalue weighted by atomic mass is 10.5. The number of fused-ring (bicyclic) bond motifs is 1. The van der Waals surface area contributed by atoms with Crippen LogP contribution < -0.4 is 0 Å². The van der Waals surface area contributed by atoms with E-state index in [0.29, 0.717) is 0 Å². The third kappa shape index (κ3) is 1.74. The molecule has 0 radical (unpaired) electrons. The molecule has 0 bridgehead atoms. The van der Waals surface area contributed by atoms with Gasteiger partial charge in [0.25, 0.3) is 0 Å². The Morgan fingerprint density at radius 2 is 2.25 bits per heavy atom. The van der Waals surface area contributed by atoms with Gasteiger partial charge in [-0.1, -0.05) is 13.8 Å². The second-order valence-corrected chi connectivity index (χ2v) is 2.01. The Balaban J connectivity index is 0.000000336. The summed E-state index contributed by atoms with van der Waals surface area (Å²) in [5.41, 5.74) is 2.97. The first kappa shape index (κ1) is 8.57. The zero-order chi connectivity index (χ0) is 8.81. The van der Waals surface area contributed by atoms with Gasteiger partial charge in [-0.05, 0) is 12.2 Å². The van der Waals surface area contributed by atoms with Crippen molar-refractivity contribution in [3.05, 3.63) is 36.1 Å². The summed E-state index contributed by atoms with van der Waals surface area (Å²) in [6.07, 6.45) is 11.2. The normalized spacial score (nSPS) is 11.5. The van der Waals surface area contributed by atoms with Crippen molar-refractivity contribution in [2.75, 3.05) is 0 Å². The summed E-state index contributed by atoms with van der Waals surface area (Å²) in [7, 11) is 0. The van der Waals surface area contributed by atoms with Crippen LogP contribution in [0.4, 0.5) is 0 Å². The molecule has 2 nitrogen and oxygen atoms in total. The average molecular weight is 160 g/mol. The fourth-order valence-corrected chi connectivity index (χ4v) is 0.876. The Labute approximate surface area is 72.6 Å². The maximum atomic E-state index is 4.09. The topological polar surface area (TPSA) is 17.8 Å². The zero-order valence-corrected chi connectivity index (χ0v) is 7.36. The fraction of sp³-hybridized carbons (Fsp3) is 0.200. The SMILES string of the molecule is C1=CC=Cn2ccnc2C=1.CC. The summed E-state index contributed by atoms with van der Waals surface area (Å²) in [4.78, 5) is 4.09. The standard InChI is InChI=1S/C8H6N2.C2H6/c1-2-4-8-9-5-7-10(8)6-3-1;1-2/h1,3-7H;1-2H3. The molecule has 2 rings (SSSR count). The van der Waals surface area contributed by atoms with Crippen LogP contribution in [0, 0.1) is 0 Å². The minimum Gasteiger partial charge on any atom is -0.307 e. The Bertz CT molecular complexity index is 325. The molecular formula is C10H12N2. The Hall–Kier alpha value is -1.53. The number of hydrogen-bond acceptors (Lipinski definition) is 1. The highest BCUT2D eigenvalue weighted by Gasteiger charge is 1.93.